The summed E-state index contributed by atoms with van der Waals surface area (Å²) in [6.07, 6.45) is 1.40. The van der Waals surface area contributed by atoms with Crippen molar-refractivity contribution in [3.63, 3.8) is 0 Å². The Morgan fingerprint density at radius 3 is 2.15 bits per heavy atom. The maximum atomic E-state index is 8.69. The quantitative estimate of drug-likeness (QED) is 0.128. The van der Waals surface area contributed by atoms with Crippen molar-refractivity contribution in [2.45, 2.75) is 44.3 Å². The van der Waals surface area contributed by atoms with Crippen LogP contribution in [-0.2, 0) is 26.5 Å². The molecule has 4 heterocycles. The first-order valence-electron chi connectivity index (χ1n) is 18.3. The third-order valence-electron chi connectivity index (χ3n) is 8.13. The zero-order chi connectivity index (χ0) is 37.0. The number of furan rings is 2. The van der Waals surface area contributed by atoms with Gasteiger partial charge in [-0.25, -0.2) is 0 Å². The molecule has 0 aliphatic rings. The van der Waals surface area contributed by atoms with Crippen LogP contribution in [0, 0.1) is 24.9 Å². The number of benzene rings is 4. The number of aromatic nitrogens is 2. The van der Waals surface area contributed by atoms with E-state index in [1.807, 2.05) is 79.0 Å². The first kappa shape index (κ1) is 27.9. The normalized spacial score (nSPS) is 13.8. The second-order valence-corrected chi connectivity index (χ2v) is 23.6. The first-order chi connectivity index (χ1) is 24.6. The number of aryl methyl sites for hydroxylation is 1. The fourth-order valence-corrected chi connectivity index (χ4v) is 7.95. The van der Waals surface area contributed by atoms with Gasteiger partial charge in [-0.15, -0.1) is 0 Å². The molecule has 6 heteroatoms. The molecule has 4 aromatic heterocycles. The standard InChI is InChI=1S/C28H22NO2.C14H16GeN.Ir/c1-16(2)12-18-13-22(29-15-17(18)3)21-14-25-26(19-8-4-6-10-23(19)30-25)27-20-9-5-7-11-24(20)31-28(21)27;1-15(2,3)13-9-10-14(16-11-13)12-7-5-4-6-8-12;/h4-11,13,15-16H,12H2,1-3H3;4-7,9-11H,1-3H3;/q2*-1;/i3D3,12D2;;. The van der Waals surface area contributed by atoms with Crippen molar-refractivity contribution in [1.29, 1.82) is 0 Å². The van der Waals surface area contributed by atoms with Crippen molar-refractivity contribution in [1.82, 2.24) is 9.97 Å². The van der Waals surface area contributed by atoms with Gasteiger partial charge in [-0.05, 0) is 58.7 Å². The molecule has 243 valence electrons. The molecule has 0 bridgehead atoms. The van der Waals surface area contributed by atoms with Gasteiger partial charge in [-0.3, -0.25) is 0 Å². The van der Waals surface area contributed by atoms with Crippen molar-refractivity contribution in [3.05, 3.63) is 127 Å². The zero-order valence-electron chi connectivity index (χ0n) is 32.4. The predicted octanol–water partition coefficient (Wildman–Crippen LogP) is 10.9. The molecular weight excluding hydrogens is 829 g/mol. The molecule has 0 amide bonds. The van der Waals surface area contributed by atoms with E-state index in [1.54, 1.807) is 13.8 Å². The monoisotopic (exact) mass is 874 g/mol. The molecule has 4 nitrogen and oxygen atoms in total. The minimum atomic E-state index is -2.51. The van der Waals surface area contributed by atoms with E-state index in [0.29, 0.717) is 28.0 Å². The number of nitrogens with zero attached hydrogens (tertiary/aromatic N) is 2. The Morgan fingerprint density at radius 1 is 0.812 bits per heavy atom. The van der Waals surface area contributed by atoms with E-state index in [9.17, 15) is 0 Å². The van der Waals surface area contributed by atoms with Gasteiger partial charge in [0.25, 0.3) is 0 Å². The molecule has 0 N–H and O–H groups in total. The van der Waals surface area contributed by atoms with Crippen molar-refractivity contribution in [2.24, 2.45) is 5.92 Å². The van der Waals surface area contributed by atoms with E-state index in [-0.39, 0.29) is 31.2 Å². The van der Waals surface area contributed by atoms with E-state index in [2.05, 4.69) is 51.5 Å². The Hall–Kier alpha value is -4.03. The van der Waals surface area contributed by atoms with E-state index >= 15 is 0 Å². The molecule has 0 unspecified atom stereocenters. The average molecular weight is 873 g/mol. The Bertz CT molecular complexity index is 2560. The van der Waals surface area contributed by atoms with Crippen LogP contribution < -0.4 is 4.40 Å². The van der Waals surface area contributed by atoms with Crippen LogP contribution in [0.2, 0.25) is 17.3 Å². The number of para-hydroxylation sites is 2. The van der Waals surface area contributed by atoms with E-state index in [4.69, 9.17) is 15.7 Å². The second kappa shape index (κ2) is 13.8. The van der Waals surface area contributed by atoms with Crippen LogP contribution in [0.15, 0.2) is 112 Å². The Kier molecular flexibility index (Phi) is 8.03. The fourth-order valence-electron chi connectivity index (χ4n) is 5.77. The van der Waals surface area contributed by atoms with Crippen molar-refractivity contribution in [3.8, 4) is 22.5 Å². The molecule has 4 aromatic carbocycles. The topological polar surface area (TPSA) is 52.1 Å². The summed E-state index contributed by atoms with van der Waals surface area (Å²) in [6, 6.07) is 35.8. The molecule has 0 saturated carbocycles. The maximum absolute atomic E-state index is 8.69. The van der Waals surface area contributed by atoms with Crippen LogP contribution in [0.5, 0.6) is 0 Å². The number of hydrogen-bond donors (Lipinski definition) is 0. The molecular formula is C42H38GeIrN2O2-2. The summed E-state index contributed by atoms with van der Waals surface area (Å²) in [6.45, 7) is 0.949. The molecule has 0 fully saturated rings. The van der Waals surface area contributed by atoms with Crippen LogP contribution in [0.25, 0.3) is 66.4 Å². The summed E-state index contributed by atoms with van der Waals surface area (Å²) in [5.41, 5.74) is 5.40. The van der Waals surface area contributed by atoms with Crippen molar-refractivity contribution >= 4 is 61.5 Å². The third-order valence-corrected chi connectivity index (χ3v) is 12.4. The summed E-state index contributed by atoms with van der Waals surface area (Å²) < 4.78 is 55.2. The van der Waals surface area contributed by atoms with Gasteiger partial charge in [0, 0.05) is 38.5 Å². The van der Waals surface area contributed by atoms with Crippen LogP contribution >= 0.6 is 0 Å². The van der Waals surface area contributed by atoms with Gasteiger partial charge < -0.3 is 13.8 Å². The number of pyridine rings is 2. The number of rotatable bonds is 5. The van der Waals surface area contributed by atoms with Crippen molar-refractivity contribution < 1.29 is 35.8 Å². The summed E-state index contributed by atoms with van der Waals surface area (Å²) in [7, 11) is 0. The minimum Gasteiger partial charge on any atom is 0 e. The van der Waals surface area contributed by atoms with Gasteiger partial charge in [0.2, 0.25) is 0 Å². The summed E-state index contributed by atoms with van der Waals surface area (Å²) >= 11 is -1.72. The second-order valence-electron chi connectivity index (χ2n) is 13.0. The minimum absolute atomic E-state index is 0. The first-order valence-corrected chi connectivity index (χ1v) is 23.1. The van der Waals surface area contributed by atoms with Gasteiger partial charge >= 0.3 is 99.8 Å². The molecule has 1 radical (unpaired) electrons. The smallest absolute Gasteiger partial charge is 0 e. The SMILES string of the molecule is [2H]C([2H])([2H])c1cnc(-c2[c-]c3oc4ccccc4c3c3c2oc2ccccc23)cc1C([2H])([2H])C(C)C.[CH3][Ge]([CH3])([CH3])[c]1ccc(-c2[c-]cccc2)nc1.[Ir]. The maximum Gasteiger partial charge on any atom is 0 e. The van der Waals surface area contributed by atoms with Crippen LogP contribution in [0.3, 0.4) is 0 Å². The Labute approximate surface area is 305 Å². The summed E-state index contributed by atoms with van der Waals surface area (Å²) in [5.74, 6) is 6.68. The van der Waals surface area contributed by atoms with Gasteiger partial charge in [0.1, 0.15) is 11.2 Å². The summed E-state index contributed by atoms with van der Waals surface area (Å²) in [4.78, 5) is 9.00. The molecule has 48 heavy (non-hydrogen) atoms. The van der Waals surface area contributed by atoms with E-state index < -0.39 is 32.4 Å². The molecule has 0 atom stereocenters. The molecule has 8 rings (SSSR count). The Balaban J connectivity index is 0.000000238. The van der Waals surface area contributed by atoms with E-state index in [0.717, 1.165) is 38.4 Å². The summed E-state index contributed by atoms with van der Waals surface area (Å²) in [5, 5.41) is 3.59. The number of hydrogen-bond acceptors (Lipinski definition) is 4. The Morgan fingerprint density at radius 2 is 1.50 bits per heavy atom. The average Bonchev–Trinajstić information content (AvgIpc) is 3.69. The van der Waals surface area contributed by atoms with Crippen LogP contribution in [0.1, 0.15) is 31.8 Å². The van der Waals surface area contributed by atoms with Crippen LogP contribution in [-0.4, -0.2) is 23.2 Å². The molecule has 0 spiro atoms. The van der Waals surface area contributed by atoms with Gasteiger partial charge in [-0.1, -0.05) is 73.5 Å². The van der Waals surface area contributed by atoms with Gasteiger partial charge in [-0.2, -0.15) is 0 Å². The van der Waals surface area contributed by atoms with Crippen molar-refractivity contribution in [2.75, 3.05) is 0 Å². The number of fused-ring (bicyclic) bond motifs is 7. The van der Waals surface area contributed by atoms with Gasteiger partial charge in [0.15, 0.2) is 0 Å². The molecule has 0 aliphatic heterocycles. The van der Waals surface area contributed by atoms with Gasteiger partial charge in [0.05, 0.1) is 11.2 Å². The molecule has 0 aliphatic carbocycles. The fraction of sp³-hybridized carbons (Fsp3) is 0.190. The van der Waals surface area contributed by atoms with Crippen LogP contribution in [0.4, 0.5) is 0 Å². The zero-order valence-corrected chi connectivity index (χ0v) is 31.9. The largest absolute Gasteiger partial charge is 0 e. The predicted molar refractivity (Wildman–Crippen MR) is 198 cm³/mol. The van der Waals surface area contributed by atoms with E-state index in [1.165, 1.54) is 16.7 Å². The molecule has 0 saturated heterocycles. The third kappa shape index (κ3) is 6.65. The molecule has 8 aromatic rings.